The second-order valence-corrected chi connectivity index (χ2v) is 9.75. The molecule has 2 aliphatic rings. The number of carbonyl (C=O) groups excluding carboxylic acids is 1. The molecule has 1 aromatic rings. The number of rotatable bonds is 6. The Morgan fingerprint density at radius 1 is 1.21 bits per heavy atom. The van der Waals surface area contributed by atoms with Crippen LogP contribution in [0, 0.1) is 11.6 Å². The molecule has 0 saturated carbocycles. The van der Waals surface area contributed by atoms with E-state index in [0.717, 1.165) is 18.3 Å². The average molecular weight is 487 g/mol. The number of piperazine rings is 1. The van der Waals surface area contributed by atoms with Crippen molar-refractivity contribution in [3.8, 4) is 0 Å². The number of amides is 1. The minimum atomic E-state index is -3.88. The average Bonchev–Trinajstić information content (AvgIpc) is 2.81. The van der Waals surface area contributed by atoms with Crippen LogP contribution in [0.2, 0.25) is 0 Å². The second-order valence-electron chi connectivity index (χ2n) is 7.86. The van der Waals surface area contributed by atoms with Crippen molar-refractivity contribution < 1.29 is 26.7 Å². The molecule has 2 aliphatic heterocycles. The summed E-state index contributed by atoms with van der Waals surface area (Å²) in [6.07, 6.45) is 2.26. The third-order valence-electron chi connectivity index (χ3n) is 6.07. The second kappa shape index (κ2) is 10.6. The largest absolute Gasteiger partial charge is 0.381 e. The van der Waals surface area contributed by atoms with Crippen molar-refractivity contribution >= 4 is 27.2 Å². The number of hydrazone groups is 1. The Morgan fingerprint density at radius 3 is 2.36 bits per heavy atom. The number of sulfonamides is 1. The predicted molar refractivity (Wildman–Crippen MR) is 120 cm³/mol. The summed E-state index contributed by atoms with van der Waals surface area (Å²) in [5.41, 5.74) is -1.15. The molecular weight excluding hydrogens is 458 g/mol. The van der Waals surface area contributed by atoms with Gasteiger partial charge in [-0.25, -0.2) is 17.2 Å². The van der Waals surface area contributed by atoms with Crippen molar-refractivity contribution in [2.45, 2.75) is 18.4 Å². The molecule has 13 heteroatoms. The van der Waals surface area contributed by atoms with Crippen molar-refractivity contribution in [2.24, 2.45) is 15.9 Å². The molecular formula is C20H28F2N6O4S. The minimum Gasteiger partial charge on any atom is -0.381 e. The highest BCUT2D eigenvalue weighted by molar-refractivity contribution is 8.06. The number of hydrogen-bond donors (Lipinski definition) is 2. The number of halogens is 2. The number of benzene rings is 1. The number of nitrogens with one attached hydrogen (secondary N) is 1. The zero-order valence-corrected chi connectivity index (χ0v) is 19.2. The fraction of sp³-hybridized carbons (Fsp3) is 0.550. The molecule has 3 rings (SSSR count). The van der Waals surface area contributed by atoms with Crippen LogP contribution in [0.1, 0.15) is 23.2 Å². The molecule has 182 valence electrons. The first-order valence-electron chi connectivity index (χ1n) is 10.5. The molecule has 0 atom stereocenters. The summed E-state index contributed by atoms with van der Waals surface area (Å²) in [6, 6.07) is 3.26. The maximum Gasteiger partial charge on any atom is 0.263 e. The van der Waals surface area contributed by atoms with E-state index in [4.69, 9.17) is 10.6 Å². The molecule has 2 fully saturated rings. The quantitative estimate of drug-likeness (QED) is 0.255. The number of aliphatic imine (C=N–C) groups is 1. The molecule has 0 aliphatic carbocycles. The highest BCUT2D eigenvalue weighted by atomic mass is 32.2. The van der Waals surface area contributed by atoms with Gasteiger partial charge in [-0.1, -0.05) is 6.07 Å². The first kappa shape index (κ1) is 25.1. The monoisotopic (exact) mass is 486 g/mol. The first-order chi connectivity index (χ1) is 15.7. The maximum atomic E-state index is 14.0. The molecule has 1 aromatic carbocycles. The molecule has 0 aromatic heterocycles. The van der Waals surface area contributed by atoms with Crippen LogP contribution >= 0.6 is 0 Å². The van der Waals surface area contributed by atoms with Crippen molar-refractivity contribution in [3.63, 3.8) is 0 Å². The lowest BCUT2D eigenvalue weighted by molar-refractivity contribution is -0.0384. The van der Waals surface area contributed by atoms with Gasteiger partial charge in [0.05, 0.1) is 6.21 Å². The van der Waals surface area contributed by atoms with E-state index in [1.807, 2.05) is 0 Å². The molecule has 3 N–H and O–H groups in total. The van der Waals surface area contributed by atoms with E-state index in [1.165, 1.54) is 17.4 Å². The summed E-state index contributed by atoms with van der Waals surface area (Å²) in [7, 11) is -2.45. The van der Waals surface area contributed by atoms with E-state index >= 15 is 0 Å². The van der Waals surface area contributed by atoms with E-state index in [0.29, 0.717) is 39.1 Å². The summed E-state index contributed by atoms with van der Waals surface area (Å²) < 4.78 is 60.3. The van der Waals surface area contributed by atoms with Crippen LogP contribution in [0.4, 0.5) is 8.78 Å². The SMILES string of the molecule is CN=C/C(=N/N)S(=O)(=O)N1CCN(C2(CNC(=O)c3c(F)cccc3F)CCOCC2)CC1. The minimum absolute atomic E-state index is 0.147. The Hall–Kier alpha value is -2.48. The van der Waals surface area contributed by atoms with Gasteiger partial charge < -0.3 is 15.9 Å². The molecule has 0 radical (unpaired) electrons. The Bertz CT molecular complexity index is 999. The van der Waals surface area contributed by atoms with Gasteiger partial charge in [0.15, 0.2) is 0 Å². The highest BCUT2D eigenvalue weighted by Crippen LogP contribution is 2.29. The molecule has 2 saturated heterocycles. The fourth-order valence-corrected chi connectivity index (χ4v) is 5.50. The van der Waals surface area contributed by atoms with Gasteiger partial charge in [0, 0.05) is 58.5 Å². The zero-order valence-electron chi connectivity index (χ0n) is 18.3. The van der Waals surface area contributed by atoms with Gasteiger partial charge in [0.25, 0.3) is 15.9 Å². The zero-order chi connectivity index (χ0) is 24.1. The van der Waals surface area contributed by atoms with Crippen LogP contribution in [0.25, 0.3) is 0 Å². The highest BCUT2D eigenvalue weighted by Gasteiger charge is 2.42. The molecule has 0 bridgehead atoms. The van der Waals surface area contributed by atoms with E-state index < -0.39 is 38.7 Å². The van der Waals surface area contributed by atoms with Gasteiger partial charge in [0.2, 0.25) is 5.04 Å². The Kier molecular flexibility index (Phi) is 8.10. The van der Waals surface area contributed by atoms with E-state index in [1.54, 1.807) is 0 Å². The molecule has 2 heterocycles. The molecule has 10 nitrogen and oxygen atoms in total. The van der Waals surface area contributed by atoms with Crippen molar-refractivity contribution in [3.05, 3.63) is 35.4 Å². The van der Waals surface area contributed by atoms with Gasteiger partial charge in [-0.15, -0.1) is 0 Å². The summed E-state index contributed by atoms with van der Waals surface area (Å²) in [6.45, 7) is 2.23. The third-order valence-corrected chi connectivity index (χ3v) is 7.86. The van der Waals surface area contributed by atoms with Gasteiger partial charge in [-0.2, -0.15) is 9.41 Å². The number of nitrogens with zero attached hydrogens (tertiary/aromatic N) is 4. The lowest BCUT2D eigenvalue weighted by Gasteiger charge is -2.49. The van der Waals surface area contributed by atoms with Gasteiger partial charge in [-0.05, 0) is 25.0 Å². The van der Waals surface area contributed by atoms with E-state index in [-0.39, 0.29) is 24.7 Å². The van der Waals surface area contributed by atoms with Crippen LogP contribution in [0.3, 0.4) is 0 Å². The van der Waals surface area contributed by atoms with Gasteiger partial charge >= 0.3 is 0 Å². The van der Waals surface area contributed by atoms with Crippen molar-refractivity contribution in [1.82, 2.24) is 14.5 Å². The van der Waals surface area contributed by atoms with Crippen molar-refractivity contribution in [1.29, 1.82) is 0 Å². The van der Waals surface area contributed by atoms with E-state index in [2.05, 4.69) is 20.3 Å². The van der Waals surface area contributed by atoms with Crippen LogP contribution in [-0.4, -0.2) is 93.3 Å². The maximum absolute atomic E-state index is 14.0. The summed E-state index contributed by atoms with van der Waals surface area (Å²) >= 11 is 0. The fourth-order valence-electron chi connectivity index (χ4n) is 4.22. The molecule has 33 heavy (non-hydrogen) atoms. The number of nitrogens with two attached hydrogens (primary N) is 1. The Labute approximate surface area is 191 Å². The van der Waals surface area contributed by atoms with Crippen LogP contribution in [0.15, 0.2) is 28.3 Å². The standard InChI is InChI=1S/C20H28F2N6O4S/c1-24-13-17(26-23)33(30,31)28-9-7-27(8-10-28)20(5-11-32-12-6-20)14-25-19(29)18-15(21)3-2-4-16(18)22/h2-4,13H,5-12,14,23H2,1H3,(H,25,29)/b24-13?,26-17-. The van der Waals surface area contributed by atoms with Crippen LogP contribution < -0.4 is 11.2 Å². The lowest BCUT2D eigenvalue weighted by atomic mass is 9.87. The van der Waals surface area contributed by atoms with Crippen molar-refractivity contribution in [2.75, 3.05) is 53.0 Å². The number of hydrogen-bond acceptors (Lipinski definition) is 8. The number of ether oxygens (including phenoxy) is 1. The van der Waals surface area contributed by atoms with Crippen LogP contribution in [0.5, 0.6) is 0 Å². The summed E-state index contributed by atoms with van der Waals surface area (Å²) in [5, 5.41) is 5.69. The lowest BCUT2D eigenvalue weighted by Crippen LogP contribution is -2.63. The Balaban J connectivity index is 1.72. The third kappa shape index (κ3) is 5.37. The molecule has 0 unspecified atom stereocenters. The number of carbonyl (C=O) groups is 1. The summed E-state index contributed by atoms with van der Waals surface area (Å²) in [5.74, 6) is 2.53. The first-order valence-corrected chi connectivity index (χ1v) is 11.9. The summed E-state index contributed by atoms with van der Waals surface area (Å²) in [4.78, 5) is 18.3. The normalized spacial score (nSPS) is 20.8. The smallest absolute Gasteiger partial charge is 0.263 e. The van der Waals surface area contributed by atoms with Gasteiger partial charge in [0.1, 0.15) is 17.2 Å². The Morgan fingerprint density at radius 2 is 1.82 bits per heavy atom. The molecule has 1 amide bonds. The topological polar surface area (TPSA) is 130 Å². The van der Waals surface area contributed by atoms with Gasteiger partial charge in [-0.3, -0.25) is 14.7 Å². The predicted octanol–water partition coefficient (Wildman–Crippen LogP) is 0.164. The molecule has 0 spiro atoms. The van der Waals surface area contributed by atoms with Crippen LogP contribution in [-0.2, 0) is 14.8 Å². The van der Waals surface area contributed by atoms with E-state index in [9.17, 15) is 22.0 Å².